The van der Waals surface area contributed by atoms with Crippen LogP contribution < -0.4 is 0 Å². The molecule has 2 aromatic carbocycles. The maximum Gasteiger partial charge on any atom is 0.290 e. The molecule has 0 spiro atoms. The van der Waals surface area contributed by atoms with Gasteiger partial charge in [-0.2, -0.15) is 0 Å². The van der Waals surface area contributed by atoms with Crippen LogP contribution in [0.25, 0.3) is 11.0 Å². The van der Waals surface area contributed by atoms with Gasteiger partial charge in [0.05, 0.1) is 11.0 Å². The number of likely N-dealkylation sites (tertiary alicyclic amines) is 1. The van der Waals surface area contributed by atoms with E-state index in [2.05, 4.69) is 11.9 Å². The van der Waals surface area contributed by atoms with E-state index in [1.165, 1.54) is 0 Å². The van der Waals surface area contributed by atoms with Crippen LogP contribution in [0.3, 0.4) is 0 Å². The Kier molecular flexibility index (Phi) is 4.77. The zero-order chi connectivity index (χ0) is 20.7. The molecule has 5 rings (SSSR count). The minimum Gasteiger partial charge on any atom is -0.339 e. The summed E-state index contributed by atoms with van der Waals surface area (Å²) in [6.45, 7) is 5.80. The van der Waals surface area contributed by atoms with E-state index in [9.17, 15) is 9.59 Å². The number of aromatic nitrogens is 2. The summed E-state index contributed by atoms with van der Waals surface area (Å²) in [5, 5.41) is 0. The Morgan fingerprint density at radius 2 is 1.80 bits per heavy atom. The summed E-state index contributed by atoms with van der Waals surface area (Å²) in [5.41, 5.74) is 3.40. The van der Waals surface area contributed by atoms with Crippen LogP contribution in [0.1, 0.15) is 46.3 Å². The Morgan fingerprint density at radius 1 is 1.03 bits per heavy atom. The fourth-order valence-electron chi connectivity index (χ4n) is 4.47. The second kappa shape index (κ2) is 7.59. The third-order valence-corrected chi connectivity index (χ3v) is 6.35. The Morgan fingerprint density at radius 3 is 2.57 bits per heavy atom. The van der Waals surface area contributed by atoms with Crippen molar-refractivity contribution in [3.05, 3.63) is 65.5 Å². The predicted molar refractivity (Wildman–Crippen MR) is 115 cm³/mol. The normalized spacial score (nSPS) is 17.4. The largest absolute Gasteiger partial charge is 0.339 e. The van der Waals surface area contributed by atoms with Gasteiger partial charge in [-0.25, -0.2) is 4.98 Å². The molecule has 154 valence electrons. The number of hydrogen-bond donors (Lipinski definition) is 0. The molecule has 6 heteroatoms. The number of hydrogen-bond acceptors (Lipinski definition) is 3. The first-order valence-corrected chi connectivity index (χ1v) is 10.7. The molecule has 0 saturated carbocycles. The number of imidazole rings is 1. The van der Waals surface area contributed by atoms with Crippen molar-refractivity contribution in [2.45, 2.75) is 32.9 Å². The van der Waals surface area contributed by atoms with Gasteiger partial charge in [-0.1, -0.05) is 37.3 Å². The van der Waals surface area contributed by atoms with Crippen LogP contribution in [-0.2, 0) is 13.1 Å². The highest BCUT2D eigenvalue weighted by Crippen LogP contribution is 2.25. The van der Waals surface area contributed by atoms with Crippen LogP contribution in [0.15, 0.2) is 48.5 Å². The molecular weight excluding hydrogens is 376 g/mol. The lowest BCUT2D eigenvalue weighted by atomic mass is 9.98. The molecule has 0 radical (unpaired) electrons. The highest BCUT2D eigenvalue weighted by atomic mass is 16.2. The molecule has 0 atom stereocenters. The maximum atomic E-state index is 13.1. The molecule has 0 N–H and O–H groups in total. The van der Waals surface area contributed by atoms with Crippen molar-refractivity contribution >= 4 is 22.8 Å². The lowest BCUT2D eigenvalue weighted by Gasteiger charge is -2.30. The van der Waals surface area contributed by atoms with E-state index in [1.54, 1.807) is 0 Å². The first-order chi connectivity index (χ1) is 14.6. The summed E-state index contributed by atoms with van der Waals surface area (Å²) < 4.78 is 1.98. The summed E-state index contributed by atoms with van der Waals surface area (Å²) in [6, 6.07) is 15.7. The minimum atomic E-state index is -0.0563. The topological polar surface area (TPSA) is 58.4 Å². The summed E-state index contributed by atoms with van der Waals surface area (Å²) in [4.78, 5) is 34.4. The summed E-state index contributed by atoms with van der Waals surface area (Å²) >= 11 is 0. The van der Waals surface area contributed by atoms with Crippen molar-refractivity contribution in [1.29, 1.82) is 0 Å². The fraction of sp³-hybridized carbons (Fsp3) is 0.375. The number of nitrogens with zero attached hydrogens (tertiary/aromatic N) is 4. The van der Waals surface area contributed by atoms with E-state index in [4.69, 9.17) is 0 Å². The molecule has 0 unspecified atom stereocenters. The van der Waals surface area contributed by atoms with E-state index in [0.717, 1.165) is 42.5 Å². The molecule has 2 aliphatic heterocycles. The van der Waals surface area contributed by atoms with Crippen LogP contribution in [0, 0.1) is 5.92 Å². The maximum absolute atomic E-state index is 13.1. The number of piperidine rings is 1. The van der Waals surface area contributed by atoms with Gasteiger partial charge in [0.1, 0.15) is 0 Å². The fourth-order valence-corrected chi connectivity index (χ4v) is 4.47. The zero-order valence-corrected chi connectivity index (χ0v) is 17.3. The van der Waals surface area contributed by atoms with E-state index in [-0.39, 0.29) is 11.8 Å². The number of benzene rings is 2. The lowest BCUT2D eigenvalue weighted by molar-refractivity contribution is 0.0682. The summed E-state index contributed by atoms with van der Waals surface area (Å²) in [5.74, 6) is 1.15. The van der Waals surface area contributed by atoms with Gasteiger partial charge in [0.25, 0.3) is 11.8 Å². The van der Waals surface area contributed by atoms with Gasteiger partial charge in [-0.3, -0.25) is 9.59 Å². The van der Waals surface area contributed by atoms with E-state index < -0.39 is 0 Å². The van der Waals surface area contributed by atoms with Gasteiger partial charge in [-0.15, -0.1) is 0 Å². The standard InChI is InChI=1S/C24H26N4O2/c1-17-9-11-26(12-10-17)23(29)19-7-8-21-20(15-19)25-22-24(30)27(13-14-28(21)22)16-18-5-3-2-4-6-18/h2-8,15,17H,9-14,16H2,1H3. The molecule has 2 aliphatic rings. The summed E-state index contributed by atoms with van der Waals surface area (Å²) in [6.07, 6.45) is 2.11. The zero-order valence-electron chi connectivity index (χ0n) is 17.3. The molecular formula is C24H26N4O2. The average molecular weight is 402 g/mol. The SMILES string of the molecule is CC1CCN(C(=O)c2ccc3c(c2)nc2n3CCN(Cc3ccccc3)C2=O)CC1. The monoisotopic (exact) mass is 402 g/mol. The van der Waals surface area contributed by atoms with Gasteiger partial charge >= 0.3 is 0 Å². The average Bonchev–Trinajstić information content (AvgIpc) is 3.15. The van der Waals surface area contributed by atoms with Gasteiger partial charge in [0.15, 0.2) is 5.82 Å². The van der Waals surface area contributed by atoms with Crippen molar-refractivity contribution in [2.24, 2.45) is 5.92 Å². The number of rotatable bonds is 3. The van der Waals surface area contributed by atoms with E-state index >= 15 is 0 Å². The molecule has 1 fully saturated rings. The molecule has 0 bridgehead atoms. The van der Waals surface area contributed by atoms with Crippen molar-refractivity contribution in [3.63, 3.8) is 0 Å². The lowest BCUT2D eigenvalue weighted by Crippen LogP contribution is -2.39. The first-order valence-electron chi connectivity index (χ1n) is 10.7. The number of carbonyl (C=O) groups excluding carboxylic acids is 2. The Hall–Kier alpha value is -3.15. The Bertz CT molecular complexity index is 1100. The van der Waals surface area contributed by atoms with Gasteiger partial charge in [-0.05, 0) is 42.5 Å². The van der Waals surface area contributed by atoms with Crippen LogP contribution in [0.2, 0.25) is 0 Å². The van der Waals surface area contributed by atoms with Gasteiger partial charge in [0.2, 0.25) is 0 Å². The number of carbonyl (C=O) groups is 2. The summed E-state index contributed by atoms with van der Waals surface area (Å²) in [7, 11) is 0. The highest BCUT2D eigenvalue weighted by Gasteiger charge is 2.29. The molecule has 1 saturated heterocycles. The second-order valence-corrected chi connectivity index (χ2v) is 8.48. The smallest absolute Gasteiger partial charge is 0.290 e. The molecule has 0 aliphatic carbocycles. The van der Waals surface area contributed by atoms with Crippen LogP contribution in [0.4, 0.5) is 0 Å². The Balaban J connectivity index is 1.40. The van der Waals surface area contributed by atoms with E-state index in [1.807, 2.05) is 62.9 Å². The molecule has 1 aromatic heterocycles. The molecule has 6 nitrogen and oxygen atoms in total. The number of amides is 2. The van der Waals surface area contributed by atoms with Crippen LogP contribution in [-0.4, -0.2) is 50.8 Å². The van der Waals surface area contributed by atoms with Crippen molar-refractivity contribution in [3.8, 4) is 0 Å². The van der Waals surface area contributed by atoms with Crippen LogP contribution >= 0.6 is 0 Å². The predicted octanol–water partition coefficient (Wildman–Crippen LogP) is 3.56. The van der Waals surface area contributed by atoms with Crippen molar-refractivity contribution < 1.29 is 9.59 Å². The second-order valence-electron chi connectivity index (χ2n) is 8.48. The van der Waals surface area contributed by atoms with Gasteiger partial charge < -0.3 is 14.4 Å². The van der Waals surface area contributed by atoms with Crippen molar-refractivity contribution in [1.82, 2.24) is 19.4 Å². The quantitative estimate of drug-likeness (QED) is 0.673. The molecule has 30 heavy (non-hydrogen) atoms. The first kappa shape index (κ1) is 18.9. The van der Waals surface area contributed by atoms with E-state index in [0.29, 0.717) is 36.9 Å². The van der Waals surface area contributed by atoms with Gasteiger partial charge in [0, 0.05) is 38.3 Å². The third-order valence-electron chi connectivity index (χ3n) is 6.35. The van der Waals surface area contributed by atoms with Crippen molar-refractivity contribution in [2.75, 3.05) is 19.6 Å². The Labute approximate surface area is 176 Å². The molecule has 3 aromatic rings. The molecule has 2 amide bonds. The third kappa shape index (κ3) is 3.36. The molecule has 3 heterocycles. The minimum absolute atomic E-state index is 0.0563. The van der Waals surface area contributed by atoms with Crippen LogP contribution in [0.5, 0.6) is 0 Å². The highest BCUT2D eigenvalue weighted by molar-refractivity contribution is 6.00. The number of fused-ring (bicyclic) bond motifs is 3.